The van der Waals surface area contributed by atoms with Crippen molar-refractivity contribution < 1.29 is 4.74 Å². The van der Waals surface area contributed by atoms with Gasteiger partial charge in [0.1, 0.15) is 5.75 Å². The van der Waals surface area contributed by atoms with Crippen molar-refractivity contribution in [1.82, 2.24) is 0 Å². The minimum Gasteiger partial charge on any atom is -0.495 e. The van der Waals surface area contributed by atoms with E-state index in [1.54, 1.807) is 18.4 Å². The van der Waals surface area contributed by atoms with Gasteiger partial charge >= 0.3 is 0 Å². The minimum atomic E-state index is 0.0335. The first-order chi connectivity index (χ1) is 9.20. The maximum absolute atomic E-state index is 6.21. The molecule has 0 radical (unpaired) electrons. The van der Waals surface area contributed by atoms with Gasteiger partial charge in [0, 0.05) is 10.9 Å². The van der Waals surface area contributed by atoms with E-state index in [4.69, 9.17) is 22.1 Å². The normalized spacial score (nSPS) is 12.4. The molecule has 2 aromatic rings. The van der Waals surface area contributed by atoms with E-state index in [2.05, 4.69) is 17.5 Å². The Morgan fingerprint density at radius 2 is 2.21 bits per heavy atom. The lowest BCUT2D eigenvalue weighted by atomic mass is 10.0. The van der Waals surface area contributed by atoms with E-state index in [1.165, 1.54) is 4.88 Å². The first-order valence-corrected chi connectivity index (χ1v) is 7.58. The smallest absolute Gasteiger partial charge is 0.137 e. The predicted octanol–water partition coefficient (Wildman–Crippen LogP) is 4.43. The van der Waals surface area contributed by atoms with Crippen molar-refractivity contribution in [3.8, 4) is 5.75 Å². The van der Waals surface area contributed by atoms with Crippen molar-refractivity contribution in [2.45, 2.75) is 25.3 Å². The van der Waals surface area contributed by atoms with Gasteiger partial charge in [0.2, 0.25) is 0 Å². The lowest BCUT2D eigenvalue weighted by Crippen LogP contribution is -2.10. The number of hydrogen-bond donors (Lipinski definition) is 1. The van der Waals surface area contributed by atoms with Crippen LogP contribution in [0.15, 0.2) is 35.7 Å². The van der Waals surface area contributed by atoms with Crippen LogP contribution in [0.3, 0.4) is 0 Å². The van der Waals surface area contributed by atoms with Gasteiger partial charge in [-0.3, -0.25) is 0 Å². The molecule has 1 atom stereocenters. The number of nitrogens with two attached hydrogens (primary N) is 1. The summed E-state index contributed by atoms with van der Waals surface area (Å²) in [7, 11) is 1.62. The summed E-state index contributed by atoms with van der Waals surface area (Å²) in [4.78, 5) is 1.42. The summed E-state index contributed by atoms with van der Waals surface area (Å²) in [5, 5.41) is 2.73. The molecule has 102 valence electrons. The van der Waals surface area contributed by atoms with Gasteiger partial charge in [0.05, 0.1) is 12.1 Å². The van der Waals surface area contributed by atoms with E-state index in [0.717, 1.165) is 24.8 Å². The van der Waals surface area contributed by atoms with Crippen molar-refractivity contribution in [3.63, 3.8) is 0 Å². The van der Waals surface area contributed by atoms with Crippen LogP contribution in [0.2, 0.25) is 5.02 Å². The highest BCUT2D eigenvalue weighted by Gasteiger charge is 2.09. The molecule has 2 N–H and O–H groups in total. The molecule has 0 aliphatic heterocycles. The number of benzene rings is 1. The standard InChI is InChI=1S/C15H18ClNOS/c1-18-15-10-11(7-8-13(15)16)14(17)6-2-4-12-5-3-9-19-12/h3,5,7-10,14H,2,4,6,17H2,1H3. The quantitative estimate of drug-likeness (QED) is 0.855. The number of thiophene rings is 1. The summed E-state index contributed by atoms with van der Waals surface area (Å²) in [5.74, 6) is 0.688. The first-order valence-electron chi connectivity index (χ1n) is 6.32. The summed E-state index contributed by atoms with van der Waals surface area (Å²) in [6.07, 6.45) is 3.14. The molecule has 0 saturated heterocycles. The Morgan fingerprint density at radius 1 is 1.37 bits per heavy atom. The second kappa shape index (κ2) is 6.94. The second-order valence-electron chi connectivity index (χ2n) is 4.47. The molecule has 2 nitrogen and oxygen atoms in total. The van der Waals surface area contributed by atoms with Crippen molar-refractivity contribution in [2.24, 2.45) is 5.73 Å². The molecule has 0 saturated carbocycles. The fourth-order valence-electron chi connectivity index (χ4n) is 2.02. The molecule has 0 bridgehead atoms. The van der Waals surface area contributed by atoms with Gasteiger partial charge in [-0.05, 0) is 48.4 Å². The molecule has 0 amide bonds. The fourth-order valence-corrected chi connectivity index (χ4v) is 2.97. The van der Waals surface area contributed by atoms with Crippen LogP contribution in [0.5, 0.6) is 5.75 Å². The minimum absolute atomic E-state index is 0.0335. The van der Waals surface area contributed by atoms with Crippen LogP contribution in [0.4, 0.5) is 0 Å². The number of halogens is 1. The molecule has 1 unspecified atom stereocenters. The van der Waals surface area contributed by atoms with E-state index in [9.17, 15) is 0 Å². The number of methoxy groups -OCH3 is 1. The molecule has 2 rings (SSSR count). The third kappa shape index (κ3) is 3.96. The van der Waals surface area contributed by atoms with Crippen LogP contribution in [0.1, 0.15) is 29.3 Å². The highest BCUT2D eigenvalue weighted by Crippen LogP contribution is 2.28. The number of hydrogen-bond acceptors (Lipinski definition) is 3. The molecule has 19 heavy (non-hydrogen) atoms. The number of rotatable bonds is 6. The van der Waals surface area contributed by atoms with Crippen molar-refractivity contribution in [3.05, 3.63) is 51.2 Å². The maximum atomic E-state index is 6.21. The van der Waals surface area contributed by atoms with Gasteiger partial charge in [-0.15, -0.1) is 11.3 Å². The van der Waals surface area contributed by atoms with E-state index >= 15 is 0 Å². The third-order valence-electron chi connectivity index (χ3n) is 3.12. The second-order valence-corrected chi connectivity index (χ2v) is 5.91. The Hall–Kier alpha value is -1.03. The van der Waals surface area contributed by atoms with Gasteiger partial charge in [0.25, 0.3) is 0 Å². The van der Waals surface area contributed by atoms with Crippen LogP contribution in [-0.2, 0) is 6.42 Å². The van der Waals surface area contributed by atoms with Crippen LogP contribution < -0.4 is 10.5 Å². The zero-order valence-electron chi connectivity index (χ0n) is 10.9. The molecule has 1 aromatic carbocycles. The average Bonchev–Trinajstić information content (AvgIpc) is 2.92. The van der Waals surface area contributed by atoms with Crippen LogP contribution in [0, 0.1) is 0 Å². The molecule has 1 aromatic heterocycles. The summed E-state index contributed by atoms with van der Waals surface area (Å²) in [6.45, 7) is 0. The SMILES string of the molecule is COc1cc(C(N)CCCc2cccs2)ccc1Cl. The lowest BCUT2D eigenvalue weighted by Gasteiger charge is -2.13. The van der Waals surface area contributed by atoms with Gasteiger partial charge < -0.3 is 10.5 Å². The monoisotopic (exact) mass is 295 g/mol. The van der Waals surface area contributed by atoms with Crippen LogP contribution >= 0.6 is 22.9 Å². The Kier molecular flexibility index (Phi) is 5.25. The van der Waals surface area contributed by atoms with E-state index in [0.29, 0.717) is 10.8 Å². The summed E-state index contributed by atoms with van der Waals surface area (Å²) < 4.78 is 5.21. The van der Waals surface area contributed by atoms with Gasteiger partial charge in [0.15, 0.2) is 0 Å². The van der Waals surface area contributed by atoms with Crippen LogP contribution in [0.25, 0.3) is 0 Å². The summed E-state index contributed by atoms with van der Waals surface area (Å²) >= 11 is 7.81. The maximum Gasteiger partial charge on any atom is 0.137 e. The first kappa shape index (κ1) is 14.4. The number of ether oxygens (including phenoxy) is 1. The zero-order valence-corrected chi connectivity index (χ0v) is 12.5. The third-order valence-corrected chi connectivity index (χ3v) is 4.37. The van der Waals surface area contributed by atoms with E-state index < -0.39 is 0 Å². The van der Waals surface area contributed by atoms with Crippen molar-refractivity contribution in [1.29, 1.82) is 0 Å². The molecular weight excluding hydrogens is 278 g/mol. The average molecular weight is 296 g/mol. The molecule has 1 heterocycles. The Labute approximate surface area is 123 Å². The van der Waals surface area contributed by atoms with Gasteiger partial charge in [-0.25, -0.2) is 0 Å². The topological polar surface area (TPSA) is 35.2 Å². The Balaban J connectivity index is 1.90. The van der Waals surface area contributed by atoms with Crippen LogP contribution in [-0.4, -0.2) is 7.11 Å². The predicted molar refractivity (Wildman–Crippen MR) is 82.2 cm³/mol. The highest BCUT2D eigenvalue weighted by molar-refractivity contribution is 7.09. The number of aryl methyl sites for hydroxylation is 1. The van der Waals surface area contributed by atoms with Crippen molar-refractivity contribution >= 4 is 22.9 Å². The van der Waals surface area contributed by atoms with Crippen molar-refractivity contribution in [2.75, 3.05) is 7.11 Å². The largest absolute Gasteiger partial charge is 0.495 e. The van der Waals surface area contributed by atoms with Gasteiger partial charge in [-0.2, -0.15) is 0 Å². The van der Waals surface area contributed by atoms with E-state index in [1.807, 2.05) is 18.2 Å². The Bertz CT molecular complexity index is 513. The highest BCUT2D eigenvalue weighted by atomic mass is 35.5. The molecule has 0 aliphatic carbocycles. The fraction of sp³-hybridized carbons (Fsp3) is 0.333. The zero-order chi connectivity index (χ0) is 13.7. The molecule has 0 fully saturated rings. The van der Waals surface area contributed by atoms with Gasteiger partial charge in [-0.1, -0.05) is 23.7 Å². The van der Waals surface area contributed by atoms with E-state index in [-0.39, 0.29) is 6.04 Å². The molecule has 0 spiro atoms. The Morgan fingerprint density at radius 3 is 2.89 bits per heavy atom. The lowest BCUT2D eigenvalue weighted by molar-refractivity contribution is 0.414. The molecule has 4 heteroatoms. The summed E-state index contributed by atoms with van der Waals surface area (Å²) in [6, 6.07) is 10.0. The molecular formula is C15H18ClNOS. The molecule has 0 aliphatic rings. The summed E-state index contributed by atoms with van der Waals surface area (Å²) in [5.41, 5.74) is 7.29.